The molecule has 1 aromatic heterocycles. The average molecular weight is 412 g/mol. The lowest BCUT2D eigenvalue weighted by molar-refractivity contribution is 0.0595. The highest BCUT2D eigenvalue weighted by Crippen LogP contribution is 2.23. The fourth-order valence-corrected chi connectivity index (χ4v) is 3.44. The number of rotatable bonds is 6. The molecule has 150 valence electrons. The van der Waals surface area contributed by atoms with Crippen LogP contribution in [-0.4, -0.2) is 29.5 Å². The van der Waals surface area contributed by atoms with Gasteiger partial charge in [-0.05, 0) is 55.2 Å². The van der Waals surface area contributed by atoms with Crippen LogP contribution in [0.25, 0.3) is 5.69 Å². The first-order valence-corrected chi connectivity index (χ1v) is 10.0. The zero-order valence-corrected chi connectivity index (χ0v) is 16.6. The molecule has 1 aliphatic rings. The van der Waals surface area contributed by atoms with Crippen molar-refractivity contribution >= 4 is 17.3 Å². The maximum atomic E-state index is 12.7. The summed E-state index contributed by atoms with van der Waals surface area (Å²) in [5, 5.41) is 7.63. The second-order valence-electron chi connectivity index (χ2n) is 6.96. The van der Waals surface area contributed by atoms with E-state index in [1.54, 1.807) is 30.5 Å². The summed E-state index contributed by atoms with van der Waals surface area (Å²) in [7, 11) is 0. The monoisotopic (exact) mass is 411 g/mol. The largest absolute Gasteiger partial charge is 0.457 e. The molecule has 1 N–H and O–H groups in total. The van der Waals surface area contributed by atoms with Crippen molar-refractivity contribution in [2.45, 2.75) is 12.8 Å². The van der Waals surface area contributed by atoms with Gasteiger partial charge in [-0.1, -0.05) is 29.8 Å². The molecule has 2 aromatic carbocycles. The van der Waals surface area contributed by atoms with E-state index in [4.69, 9.17) is 21.1 Å². The molecule has 4 rings (SSSR count). The molecule has 1 aliphatic heterocycles. The Labute approximate surface area is 174 Å². The Morgan fingerprint density at radius 3 is 2.62 bits per heavy atom. The van der Waals surface area contributed by atoms with Gasteiger partial charge in [0.05, 0.1) is 24.2 Å². The number of halogens is 1. The summed E-state index contributed by atoms with van der Waals surface area (Å²) in [6, 6.07) is 16.6. The number of hydrogen-bond acceptors (Lipinski definition) is 5. The number of para-hydroxylation sites is 1. The third-order valence-corrected chi connectivity index (χ3v) is 5.18. The van der Waals surface area contributed by atoms with E-state index in [1.807, 2.05) is 30.3 Å². The van der Waals surface area contributed by atoms with Gasteiger partial charge in [-0.2, -0.15) is 9.78 Å². The van der Waals surface area contributed by atoms with Crippen LogP contribution in [0.4, 0.5) is 5.69 Å². The molecule has 0 amide bonds. The summed E-state index contributed by atoms with van der Waals surface area (Å²) in [6.45, 7) is 2.26. The molecular formula is C22H22ClN3O3. The van der Waals surface area contributed by atoms with Crippen LogP contribution in [0.2, 0.25) is 5.02 Å². The number of benzene rings is 2. The first-order valence-electron chi connectivity index (χ1n) is 9.63. The average Bonchev–Trinajstić information content (AvgIpc) is 2.77. The molecule has 3 aromatic rings. The van der Waals surface area contributed by atoms with E-state index in [0.29, 0.717) is 29.6 Å². The number of nitrogens with zero attached hydrogens (tertiary/aromatic N) is 2. The van der Waals surface area contributed by atoms with E-state index in [-0.39, 0.29) is 10.6 Å². The van der Waals surface area contributed by atoms with Gasteiger partial charge in [-0.25, -0.2) is 0 Å². The first kappa shape index (κ1) is 19.5. The van der Waals surface area contributed by atoms with Gasteiger partial charge in [0.2, 0.25) is 0 Å². The Morgan fingerprint density at radius 1 is 1.14 bits per heavy atom. The molecule has 0 saturated carbocycles. The van der Waals surface area contributed by atoms with E-state index in [2.05, 4.69) is 10.4 Å². The van der Waals surface area contributed by atoms with Crippen LogP contribution in [0.5, 0.6) is 11.5 Å². The Bertz CT molecular complexity index is 1000. The van der Waals surface area contributed by atoms with Gasteiger partial charge in [0.15, 0.2) is 0 Å². The molecule has 2 heterocycles. The Hall–Kier alpha value is -2.83. The highest BCUT2D eigenvalue weighted by molar-refractivity contribution is 6.32. The van der Waals surface area contributed by atoms with Crippen LogP contribution < -0.4 is 15.6 Å². The minimum atomic E-state index is -0.367. The third kappa shape index (κ3) is 4.78. The quantitative estimate of drug-likeness (QED) is 0.646. The van der Waals surface area contributed by atoms with Gasteiger partial charge in [-0.15, -0.1) is 0 Å². The predicted octanol–water partition coefficient (Wildman–Crippen LogP) is 4.52. The molecule has 0 unspecified atom stereocenters. The van der Waals surface area contributed by atoms with Crippen molar-refractivity contribution in [1.29, 1.82) is 0 Å². The third-order valence-electron chi connectivity index (χ3n) is 4.81. The molecule has 6 nitrogen and oxygen atoms in total. The van der Waals surface area contributed by atoms with Crippen LogP contribution in [0.1, 0.15) is 12.8 Å². The van der Waals surface area contributed by atoms with Crippen LogP contribution in [-0.2, 0) is 4.74 Å². The highest BCUT2D eigenvalue weighted by atomic mass is 35.5. The molecule has 1 fully saturated rings. The van der Waals surface area contributed by atoms with Gasteiger partial charge in [0, 0.05) is 13.2 Å². The highest BCUT2D eigenvalue weighted by Gasteiger charge is 2.16. The van der Waals surface area contributed by atoms with Crippen LogP contribution >= 0.6 is 11.6 Å². The topological polar surface area (TPSA) is 65.4 Å². The molecule has 1 saturated heterocycles. The molecule has 0 bridgehead atoms. The summed E-state index contributed by atoms with van der Waals surface area (Å²) in [5.41, 5.74) is 0.792. The van der Waals surface area contributed by atoms with Gasteiger partial charge >= 0.3 is 0 Å². The van der Waals surface area contributed by atoms with E-state index in [1.165, 1.54) is 4.68 Å². The normalized spacial score (nSPS) is 16.4. The number of hydrogen-bond donors (Lipinski definition) is 1. The molecular weight excluding hydrogens is 390 g/mol. The summed E-state index contributed by atoms with van der Waals surface area (Å²) in [6.07, 6.45) is 3.75. The van der Waals surface area contributed by atoms with Gasteiger partial charge in [0.25, 0.3) is 5.56 Å². The number of anilines is 1. The zero-order valence-electron chi connectivity index (χ0n) is 15.9. The number of aromatic nitrogens is 2. The summed E-state index contributed by atoms with van der Waals surface area (Å²) in [5.74, 6) is 1.84. The zero-order chi connectivity index (χ0) is 20.1. The molecule has 0 radical (unpaired) electrons. The number of ether oxygens (including phenoxy) is 2. The lowest BCUT2D eigenvalue weighted by Crippen LogP contribution is -2.26. The second-order valence-corrected chi connectivity index (χ2v) is 7.34. The van der Waals surface area contributed by atoms with Crippen molar-refractivity contribution in [2.75, 3.05) is 25.1 Å². The number of nitrogens with one attached hydrogen (secondary N) is 1. The Balaban J connectivity index is 1.46. The smallest absolute Gasteiger partial charge is 0.292 e. The van der Waals surface area contributed by atoms with Crippen molar-refractivity contribution in [3.8, 4) is 17.2 Å². The fourth-order valence-electron chi connectivity index (χ4n) is 3.24. The molecule has 29 heavy (non-hydrogen) atoms. The minimum Gasteiger partial charge on any atom is -0.457 e. The van der Waals surface area contributed by atoms with Crippen LogP contribution in [0.15, 0.2) is 65.6 Å². The maximum absolute atomic E-state index is 12.7. The summed E-state index contributed by atoms with van der Waals surface area (Å²) >= 11 is 6.31. The summed E-state index contributed by atoms with van der Waals surface area (Å²) < 4.78 is 12.5. The second kappa shape index (κ2) is 9.11. The predicted molar refractivity (Wildman–Crippen MR) is 113 cm³/mol. The van der Waals surface area contributed by atoms with Crippen molar-refractivity contribution < 1.29 is 9.47 Å². The van der Waals surface area contributed by atoms with Gasteiger partial charge < -0.3 is 14.8 Å². The first-order chi connectivity index (χ1) is 14.2. The molecule has 0 spiro atoms. The SMILES string of the molecule is O=c1c(Cl)c(NC[C@@H]2CCCOC2)cnn1-c1ccc(Oc2ccccc2)cc1. The van der Waals surface area contributed by atoms with Gasteiger partial charge in [0.1, 0.15) is 16.5 Å². The van der Waals surface area contributed by atoms with Crippen molar-refractivity contribution in [2.24, 2.45) is 5.92 Å². The van der Waals surface area contributed by atoms with E-state index in [9.17, 15) is 4.79 Å². The van der Waals surface area contributed by atoms with E-state index >= 15 is 0 Å². The van der Waals surface area contributed by atoms with E-state index < -0.39 is 0 Å². The molecule has 0 aliphatic carbocycles. The minimum absolute atomic E-state index is 0.126. The Kier molecular flexibility index (Phi) is 6.12. The lowest BCUT2D eigenvalue weighted by atomic mass is 10.0. The van der Waals surface area contributed by atoms with Gasteiger partial charge in [-0.3, -0.25) is 4.79 Å². The van der Waals surface area contributed by atoms with Crippen LogP contribution in [0, 0.1) is 5.92 Å². The standard InChI is InChI=1S/C22H22ClN3O3/c23-21-20(24-13-16-5-4-12-28-15-16)14-25-26(22(21)27)17-8-10-19(11-9-17)29-18-6-2-1-3-7-18/h1-3,6-11,14,16,24H,4-5,12-13,15H2/t16-/m0/s1. The Morgan fingerprint density at radius 2 is 1.90 bits per heavy atom. The summed E-state index contributed by atoms with van der Waals surface area (Å²) in [4.78, 5) is 12.7. The van der Waals surface area contributed by atoms with Crippen LogP contribution in [0.3, 0.4) is 0 Å². The molecule has 7 heteroatoms. The molecule has 1 atom stereocenters. The van der Waals surface area contributed by atoms with Crippen molar-refractivity contribution in [1.82, 2.24) is 9.78 Å². The van der Waals surface area contributed by atoms with E-state index in [0.717, 1.165) is 31.8 Å². The van der Waals surface area contributed by atoms with Crippen molar-refractivity contribution in [3.05, 3.63) is 76.2 Å². The van der Waals surface area contributed by atoms with Crippen molar-refractivity contribution in [3.63, 3.8) is 0 Å². The maximum Gasteiger partial charge on any atom is 0.292 e. The lowest BCUT2D eigenvalue weighted by Gasteiger charge is -2.22. The fraction of sp³-hybridized carbons (Fsp3) is 0.273.